The van der Waals surface area contributed by atoms with Gasteiger partial charge in [-0.25, -0.2) is 9.69 Å². The Bertz CT molecular complexity index is 332. The number of carbonyl (C=O) groups excluding carboxylic acids is 2. The first-order valence-corrected chi connectivity index (χ1v) is 6.34. The molecule has 1 N–H and O–H groups in total. The van der Waals surface area contributed by atoms with Gasteiger partial charge in [0.1, 0.15) is 5.60 Å². The van der Waals surface area contributed by atoms with E-state index in [9.17, 15) is 14.7 Å². The van der Waals surface area contributed by atoms with E-state index in [4.69, 9.17) is 4.74 Å². The Morgan fingerprint density at radius 1 is 1.50 bits per heavy atom. The van der Waals surface area contributed by atoms with Crippen LogP contribution < -0.4 is 0 Å². The molecule has 5 nitrogen and oxygen atoms in total. The number of carbonyl (C=O) groups is 2. The lowest BCUT2D eigenvalue weighted by atomic mass is 9.93. The lowest BCUT2D eigenvalue weighted by Crippen LogP contribution is -2.44. The van der Waals surface area contributed by atoms with Crippen LogP contribution in [0.5, 0.6) is 0 Å². The maximum atomic E-state index is 12.2. The minimum absolute atomic E-state index is 0.152. The van der Waals surface area contributed by atoms with E-state index in [1.165, 1.54) is 0 Å². The fourth-order valence-corrected chi connectivity index (χ4v) is 2.12. The van der Waals surface area contributed by atoms with Crippen LogP contribution in [-0.4, -0.2) is 40.3 Å². The van der Waals surface area contributed by atoms with Crippen LogP contribution in [0.3, 0.4) is 0 Å². The summed E-state index contributed by atoms with van der Waals surface area (Å²) in [6, 6.07) is -0.459. The summed E-state index contributed by atoms with van der Waals surface area (Å²) in [6.45, 7) is 8.91. The first-order valence-electron chi connectivity index (χ1n) is 6.34. The van der Waals surface area contributed by atoms with Crippen molar-refractivity contribution in [1.82, 2.24) is 4.90 Å². The molecule has 0 aliphatic carbocycles. The zero-order valence-corrected chi connectivity index (χ0v) is 11.8. The minimum atomic E-state index is -0.658. The molecule has 1 saturated heterocycles. The van der Waals surface area contributed by atoms with E-state index >= 15 is 0 Å². The Hall–Kier alpha value is -1.10. The zero-order chi connectivity index (χ0) is 14.1. The van der Waals surface area contributed by atoms with Crippen molar-refractivity contribution in [2.45, 2.75) is 52.7 Å². The number of hydrogen-bond donors (Lipinski definition) is 1. The van der Waals surface area contributed by atoms with E-state index < -0.39 is 17.7 Å². The van der Waals surface area contributed by atoms with Crippen molar-refractivity contribution < 1.29 is 19.4 Å². The van der Waals surface area contributed by atoms with Crippen LogP contribution in [0.15, 0.2) is 0 Å². The highest BCUT2D eigenvalue weighted by molar-refractivity contribution is 5.95. The highest BCUT2D eigenvalue weighted by Gasteiger charge is 2.45. The van der Waals surface area contributed by atoms with Gasteiger partial charge in [-0.1, -0.05) is 13.8 Å². The van der Waals surface area contributed by atoms with Gasteiger partial charge in [0.25, 0.3) is 0 Å². The summed E-state index contributed by atoms with van der Waals surface area (Å²) < 4.78 is 5.21. The average Bonchev–Trinajstić information content (AvgIpc) is 2.52. The predicted octanol–water partition coefficient (Wildman–Crippen LogP) is 1.79. The first-order chi connectivity index (χ1) is 8.17. The molecule has 0 bridgehead atoms. The second-order valence-electron chi connectivity index (χ2n) is 6.11. The number of nitrogens with zero attached hydrogens (tertiary/aromatic N) is 1. The van der Waals surface area contributed by atoms with E-state index in [0.717, 1.165) is 4.90 Å². The summed E-state index contributed by atoms with van der Waals surface area (Å²) >= 11 is 0. The Morgan fingerprint density at radius 2 is 2.06 bits per heavy atom. The molecule has 1 aliphatic rings. The number of amides is 2. The third-order valence-corrected chi connectivity index (χ3v) is 3.05. The molecule has 1 fully saturated rings. The third kappa shape index (κ3) is 3.22. The van der Waals surface area contributed by atoms with Crippen LogP contribution in [0, 0.1) is 11.8 Å². The topological polar surface area (TPSA) is 66.8 Å². The Morgan fingerprint density at radius 3 is 2.44 bits per heavy atom. The minimum Gasteiger partial charge on any atom is -0.443 e. The largest absolute Gasteiger partial charge is 0.443 e. The van der Waals surface area contributed by atoms with Crippen molar-refractivity contribution in [1.29, 1.82) is 0 Å². The molecule has 0 radical (unpaired) electrons. The van der Waals surface area contributed by atoms with Gasteiger partial charge in [-0.15, -0.1) is 0 Å². The number of likely N-dealkylation sites (tertiary alicyclic amines) is 1. The molecule has 0 aromatic carbocycles. The molecule has 1 aliphatic heterocycles. The summed E-state index contributed by atoms with van der Waals surface area (Å²) in [5.41, 5.74) is -0.646. The van der Waals surface area contributed by atoms with Crippen LogP contribution >= 0.6 is 0 Å². The molecular formula is C13H23NO4. The number of imide groups is 1. The maximum Gasteiger partial charge on any atom is 0.417 e. The number of rotatable bonds is 2. The zero-order valence-electron chi connectivity index (χ0n) is 11.8. The molecule has 0 saturated carbocycles. The fraction of sp³-hybridized carbons (Fsp3) is 0.846. The summed E-state index contributed by atoms with van der Waals surface area (Å²) in [5, 5.41) is 9.30. The van der Waals surface area contributed by atoms with Crippen LogP contribution in [0.2, 0.25) is 0 Å². The number of ether oxygens (including phenoxy) is 1. The van der Waals surface area contributed by atoms with E-state index in [1.54, 1.807) is 20.8 Å². The van der Waals surface area contributed by atoms with Crippen LogP contribution in [0.4, 0.5) is 4.79 Å². The normalized spacial score (nSPS) is 24.8. The average molecular weight is 257 g/mol. The van der Waals surface area contributed by atoms with Gasteiger partial charge < -0.3 is 9.84 Å². The molecule has 104 valence electrons. The number of aliphatic hydroxyl groups is 1. The molecule has 18 heavy (non-hydrogen) atoms. The SMILES string of the molecule is CC(C)C1CC(CO)N(C(=O)OC(C)(C)C)C1=O. The second-order valence-corrected chi connectivity index (χ2v) is 6.11. The molecule has 0 aromatic rings. The maximum absolute atomic E-state index is 12.2. The van der Waals surface area contributed by atoms with E-state index in [0.29, 0.717) is 6.42 Å². The quantitative estimate of drug-likeness (QED) is 0.819. The fourth-order valence-electron chi connectivity index (χ4n) is 2.12. The summed E-state index contributed by atoms with van der Waals surface area (Å²) in [4.78, 5) is 25.2. The Balaban J connectivity index is 2.85. The molecule has 1 rings (SSSR count). The summed E-state index contributed by atoms with van der Waals surface area (Å²) in [6.07, 6.45) is -0.151. The lowest BCUT2D eigenvalue weighted by molar-refractivity contribution is -0.132. The van der Waals surface area contributed by atoms with Crippen LogP contribution in [0.1, 0.15) is 41.0 Å². The highest BCUT2D eigenvalue weighted by Crippen LogP contribution is 2.31. The summed E-state index contributed by atoms with van der Waals surface area (Å²) in [7, 11) is 0. The van der Waals surface area contributed by atoms with Gasteiger partial charge in [0.2, 0.25) is 5.91 Å². The molecule has 0 spiro atoms. The summed E-state index contributed by atoms with van der Waals surface area (Å²) in [5.74, 6) is -0.299. The van der Waals surface area contributed by atoms with Crippen molar-refractivity contribution in [3.8, 4) is 0 Å². The molecule has 2 atom stereocenters. The van der Waals surface area contributed by atoms with Crippen LogP contribution in [-0.2, 0) is 9.53 Å². The molecular weight excluding hydrogens is 234 g/mol. The number of aliphatic hydroxyl groups excluding tert-OH is 1. The molecule has 0 aromatic heterocycles. The monoisotopic (exact) mass is 257 g/mol. The van der Waals surface area contributed by atoms with Gasteiger partial charge in [0.15, 0.2) is 0 Å². The standard InChI is InChI=1S/C13H23NO4/c1-8(2)10-6-9(7-15)14(11(10)16)12(17)18-13(3,4)5/h8-10,15H,6-7H2,1-5H3. The Kier molecular flexibility index (Phi) is 4.37. The molecule has 1 heterocycles. The van der Waals surface area contributed by atoms with E-state index in [-0.39, 0.29) is 24.3 Å². The van der Waals surface area contributed by atoms with Crippen LogP contribution in [0.25, 0.3) is 0 Å². The van der Waals surface area contributed by atoms with Crippen molar-refractivity contribution in [3.63, 3.8) is 0 Å². The predicted molar refractivity (Wildman–Crippen MR) is 66.9 cm³/mol. The molecule has 2 unspecified atom stereocenters. The lowest BCUT2D eigenvalue weighted by Gasteiger charge is -2.26. The van der Waals surface area contributed by atoms with Gasteiger partial charge in [0.05, 0.1) is 12.6 Å². The number of hydrogen-bond acceptors (Lipinski definition) is 4. The van der Waals surface area contributed by atoms with Gasteiger partial charge >= 0.3 is 6.09 Å². The molecule has 5 heteroatoms. The van der Waals surface area contributed by atoms with Gasteiger partial charge in [0, 0.05) is 5.92 Å². The third-order valence-electron chi connectivity index (χ3n) is 3.05. The van der Waals surface area contributed by atoms with Crippen molar-refractivity contribution in [3.05, 3.63) is 0 Å². The van der Waals surface area contributed by atoms with E-state index in [1.807, 2.05) is 13.8 Å². The van der Waals surface area contributed by atoms with Gasteiger partial charge in [-0.3, -0.25) is 4.79 Å². The molecule has 2 amide bonds. The van der Waals surface area contributed by atoms with Gasteiger partial charge in [-0.2, -0.15) is 0 Å². The Labute approximate surface area is 108 Å². The van der Waals surface area contributed by atoms with Crippen molar-refractivity contribution in [2.24, 2.45) is 11.8 Å². The second kappa shape index (κ2) is 5.26. The highest BCUT2D eigenvalue weighted by atomic mass is 16.6. The first kappa shape index (κ1) is 15.0. The van der Waals surface area contributed by atoms with Crippen molar-refractivity contribution >= 4 is 12.0 Å². The van der Waals surface area contributed by atoms with E-state index in [2.05, 4.69) is 0 Å². The van der Waals surface area contributed by atoms with Gasteiger partial charge in [-0.05, 0) is 33.1 Å². The smallest absolute Gasteiger partial charge is 0.417 e. The van der Waals surface area contributed by atoms with Crippen molar-refractivity contribution in [2.75, 3.05) is 6.61 Å².